The van der Waals surface area contributed by atoms with Gasteiger partial charge >= 0.3 is 0 Å². The molecule has 0 bridgehead atoms. The van der Waals surface area contributed by atoms with Gasteiger partial charge in [-0.2, -0.15) is 0 Å². The van der Waals surface area contributed by atoms with E-state index in [4.69, 9.17) is 19.4 Å². The van der Waals surface area contributed by atoms with Gasteiger partial charge in [0.1, 0.15) is 11.2 Å². The molecule has 4 heteroatoms. The summed E-state index contributed by atoms with van der Waals surface area (Å²) >= 11 is 0. The number of aromatic nitrogens is 3. The summed E-state index contributed by atoms with van der Waals surface area (Å²) in [7, 11) is 0. The van der Waals surface area contributed by atoms with Gasteiger partial charge in [-0.3, -0.25) is 0 Å². The van der Waals surface area contributed by atoms with Crippen molar-refractivity contribution in [2.45, 2.75) is 0 Å². The average Bonchev–Trinajstić information content (AvgIpc) is 3.55. The van der Waals surface area contributed by atoms with Crippen LogP contribution in [0.4, 0.5) is 0 Å². The molecule has 4 nitrogen and oxygen atoms in total. The number of hydrogen-bond acceptors (Lipinski definition) is 4. The number of hydrogen-bond donors (Lipinski definition) is 0. The van der Waals surface area contributed by atoms with Gasteiger partial charge in [-0.25, -0.2) is 15.0 Å². The third-order valence-corrected chi connectivity index (χ3v) is 8.69. The SMILES string of the molecule is c1ccc(-c2cc(-c3ccc(-c4ccc5oc6c7ccccc7nc(-c7ccccc7)c6c5c4)cc3)nc(-c3ccccc3)n2)cc1. The maximum atomic E-state index is 6.54. The summed E-state index contributed by atoms with van der Waals surface area (Å²) in [5, 5.41) is 3.10. The fourth-order valence-electron chi connectivity index (χ4n) is 6.35. The van der Waals surface area contributed by atoms with Gasteiger partial charge in [0.05, 0.1) is 28.0 Å². The van der Waals surface area contributed by atoms with Gasteiger partial charge in [-0.1, -0.05) is 133 Å². The van der Waals surface area contributed by atoms with E-state index in [0.29, 0.717) is 5.82 Å². The lowest BCUT2D eigenvalue weighted by Crippen LogP contribution is -1.95. The van der Waals surface area contributed by atoms with Crippen LogP contribution in [-0.4, -0.2) is 15.0 Å². The highest BCUT2D eigenvalue weighted by Gasteiger charge is 2.18. The molecule has 47 heavy (non-hydrogen) atoms. The Morgan fingerprint density at radius 3 is 1.64 bits per heavy atom. The molecule has 0 radical (unpaired) electrons. The second-order valence-electron chi connectivity index (χ2n) is 11.6. The zero-order chi connectivity index (χ0) is 31.2. The lowest BCUT2D eigenvalue weighted by Gasteiger charge is -2.10. The molecule has 0 saturated carbocycles. The fraction of sp³-hybridized carbons (Fsp3) is 0. The first kappa shape index (κ1) is 27.0. The molecule has 0 aliphatic carbocycles. The van der Waals surface area contributed by atoms with E-state index in [1.165, 1.54) is 0 Å². The van der Waals surface area contributed by atoms with Gasteiger partial charge in [0, 0.05) is 33.0 Å². The van der Waals surface area contributed by atoms with Crippen LogP contribution in [0.1, 0.15) is 0 Å². The predicted octanol–water partition coefficient (Wildman–Crippen LogP) is 11.3. The van der Waals surface area contributed by atoms with E-state index in [-0.39, 0.29) is 0 Å². The molecule has 9 rings (SSSR count). The van der Waals surface area contributed by atoms with Crippen molar-refractivity contribution in [3.05, 3.63) is 164 Å². The molecule has 0 amide bonds. The first-order valence-corrected chi connectivity index (χ1v) is 15.7. The highest BCUT2D eigenvalue weighted by atomic mass is 16.3. The van der Waals surface area contributed by atoms with E-state index in [0.717, 1.165) is 83.3 Å². The summed E-state index contributed by atoms with van der Waals surface area (Å²) < 4.78 is 6.54. The standard InChI is InChI=1S/C43H27N3O/c1-4-12-29(13-5-1)37-27-38(46-43(45-37)32-16-8-3-9-17-32)30-22-20-28(21-23-30)33-24-25-39-35(26-33)40-41(31-14-6-2-7-15-31)44-36-19-11-10-18-34(36)42(40)47-39/h1-27H. The number of fused-ring (bicyclic) bond motifs is 5. The molecule has 0 saturated heterocycles. The monoisotopic (exact) mass is 601 g/mol. The summed E-state index contributed by atoms with van der Waals surface area (Å²) in [6, 6.07) is 56.1. The number of pyridine rings is 1. The summed E-state index contributed by atoms with van der Waals surface area (Å²) in [6.07, 6.45) is 0. The molecule has 0 atom stereocenters. The molecule has 0 N–H and O–H groups in total. The van der Waals surface area contributed by atoms with Crippen LogP contribution in [0.3, 0.4) is 0 Å². The van der Waals surface area contributed by atoms with Gasteiger partial charge in [0.2, 0.25) is 0 Å². The normalized spacial score (nSPS) is 11.4. The Morgan fingerprint density at radius 2 is 0.936 bits per heavy atom. The Balaban J connectivity index is 1.16. The number of benzene rings is 6. The van der Waals surface area contributed by atoms with E-state index >= 15 is 0 Å². The highest BCUT2D eigenvalue weighted by molar-refractivity contribution is 6.19. The van der Waals surface area contributed by atoms with Crippen molar-refractivity contribution >= 4 is 32.8 Å². The van der Waals surface area contributed by atoms with E-state index in [2.05, 4.69) is 91.0 Å². The van der Waals surface area contributed by atoms with Crippen LogP contribution in [0.15, 0.2) is 168 Å². The maximum absolute atomic E-state index is 6.54. The second-order valence-corrected chi connectivity index (χ2v) is 11.6. The molecule has 0 spiro atoms. The van der Waals surface area contributed by atoms with Crippen LogP contribution in [-0.2, 0) is 0 Å². The van der Waals surface area contributed by atoms with Crippen LogP contribution in [0, 0.1) is 0 Å². The average molecular weight is 602 g/mol. The quantitative estimate of drug-likeness (QED) is 0.197. The molecular formula is C43H27N3O. The Kier molecular flexibility index (Phi) is 6.43. The minimum Gasteiger partial charge on any atom is -0.455 e. The van der Waals surface area contributed by atoms with Gasteiger partial charge in [-0.05, 0) is 41.5 Å². The Bertz CT molecular complexity index is 2480. The van der Waals surface area contributed by atoms with E-state index in [9.17, 15) is 0 Å². The molecule has 220 valence electrons. The maximum Gasteiger partial charge on any atom is 0.160 e. The molecule has 3 heterocycles. The van der Waals surface area contributed by atoms with Crippen molar-refractivity contribution < 1.29 is 4.42 Å². The number of nitrogens with zero attached hydrogens (tertiary/aromatic N) is 3. The van der Waals surface area contributed by atoms with Crippen molar-refractivity contribution in [3.63, 3.8) is 0 Å². The molecule has 9 aromatic rings. The van der Waals surface area contributed by atoms with Gasteiger partial charge in [-0.15, -0.1) is 0 Å². The Hall–Kier alpha value is -6.39. The smallest absolute Gasteiger partial charge is 0.160 e. The highest BCUT2D eigenvalue weighted by Crippen LogP contribution is 2.41. The zero-order valence-electron chi connectivity index (χ0n) is 25.3. The van der Waals surface area contributed by atoms with Crippen LogP contribution in [0.2, 0.25) is 0 Å². The topological polar surface area (TPSA) is 51.8 Å². The molecule has 6 aromatic carbocycles. The summed E-state index contributed by atoms with van der Waals surface area (Å²) in [5.74, 6) is 0.707. The molecule has 0 aliphatic rings. The zero-order valence-corrected chi connectivity index (χ0v) is 25.3. The number of para-hydroxylation sites is 1. The summed E-state index contributed by atoms with van der Waals surface area (Å²) in [5.41, 5.74) is 11.7. The molecule has 3 aromatic heterocycles. The fourth-order valence-corrected chi connectivity index (χ4v) is 6.35. The van der Waals surface area contributed by atoms with Crippen molar-refractivity contribution in [3.8, 4) is 56.3 Å². The molecular weight excluding hydrogens is 574 g/mol. The predicted molar refractivity (Wildman–Crippen MR) is 192 cm³/mol. The number of furan rings is 1. The largest absolute Gasteiger partial charge is 0.455 e. The lowest BCUT2D eigenvalue weighted by molar-refractivity contribution is 0.672. The van der Waals surface area contributed by atoms with Gasteiger partial charge in [0.15, 0.2) is 5.82 Å². The van der Waals surface area contributed by atoms with Crippen LogP contribution in [0.5, 0.6) is 0 Å². The molecule has 0 unspecified atom stereocenters. The van der Waals surface area contributed by atoms with Crippen molar-refractivity contribution in [2.75, 3.05) is 0 Å². The van der Waals surface area contributed by atoms with Gasteiger partial charge in [0.25, 0.3) is 0 Å². The summed E-state index contributed by atoms with van der Waals surface area (Å²) in [6.45, 7) is 0. The lowest BCUT2D eigenvalue weighted by atomic mass is 9.98. The first-order chi connectivity index (χ1) is 23.3. The van der Waals surface area contributed by atoms with Crippen LogP contribution in [0.25, 0.3) is 89.1 Å². The Labute approximate surface area is 271 Å². The summed E-state index contributed by atoms with van der Waals surface area (Å²) in [4.78, 5) is 15.1. The van der Waals surface area contributed by atoms with E-state index in [1.54, 1.807) is 0 Å². The minimum absolute atomic E-state index is 0.707. The minimum atomic E-state index is 0.707. The second kappa shape index (κ2) is 11.2. The van der Waals surface area contributed by atoms with Crippen LogP contribution >= 0.6 is 0 Å². The third-order valence-electron chi connectivity index (χ3n) is 8.69. The van der Waals surface area contributed by atoms with E-state index < -0.39 is 0 Å². The number of rotatable bonds is 5. The third kappa shape index (κ3) is 4.84. The molecule has 0 fully saturated rings. The Morgan fingerprint density at radius 1 is 0.383 bits per heavy atom. The van der Waals surface area contributed by atoms with E-state index in [1.807, 2.05) is 72.8 Å². The van der Waals surface area contributed by atoms with Crippen LogP contribution < -0.4 is 0 Å². The van der Waals surface area contributed by atoms with Crippen molar-refractivity contribution in [2.24, 2.45) is 0 Å². The first-order valence-electron chi connectivity index (χ1n) is 15.7. The van der Waals surface area contributed by atoms with Crippen molar-refractivity contribution in [1.82, 2.24) is 15.0 Å². The van der Waals surface area contributed by atoms with Crippen molar-refractivity contribution in [1.29, 1.82) is 0 Å². The molecule has 0 aliphatic heterocycles. The van der Waals surface area contributed by atoms with Gasteiger partial charge < -0.3 is 4.42 Å².